The Morgan fingerprint density at radius 3 is 2.32 bits per heavy atom. The second-order valence-corrected chi connectivity index (χ2v) is 8.92. The first-order chi connectivity index (χ1) is 15.0. The van der Waals surface area contributed by atoms with Crippen LogP contribution in [0.3, 0.4) is 0 Å². The van der Waals surface area contributed by atoms with E-state index >= 15 is 0 Å². The number of ether oxygens (including phenoxy) is 1. The number of nitrogens with zero attached hydrogens (tertiary/aromatic N) is 1. The molecule has 1 fully saturated rings. The summed E-state index contributed by atoms with van der Waals surface area (Å²) in [5.41, 5.74) is 1.52. The summed E-state index contributed by atoms with van der Waals surface area (Å²) in [5, 5.41) is 13.5. The molecule has 1 aliphatic carbocycles. The summed E-state index contributed by atoms with van der Waals surface area (Å²) in [5.74, 6) is -0.588. The van der Waals surface area contributed by atoms with E-state index in [9.17, 15) is 19.5 Å². The van der Waals surface area contributed by atoms with Crippen LogP contribution in [0, 0.1) is 16.0 Å². The van der Waals surface area contributed by atoms with Crippen LogP contribution < -0.4 is 5.32 Å². The monoisotopic (exact) mass is 445 g/mol. The zero-order chi connectivity index (χ0) is 22.1. The Balaban J connectivity index is 1.58. The second-order valence-electron chi connectivity index (χ2n) is 7.53. The predicted octanol–water partition coefficient (Wildman–Crippen LogP) is 5.69. The van der Waals surface area contributed by atoms with Crippen LogP contribution in [0.4, 0.5) is 10.5 Å². The van der Waals surface area contributed by atoms with Gasteiger partial charge in [-0.3, -0.25) is 15.4 Å². The van der Waals surface area contributed by atoms with Crippen LogP contribution in [0.2, 0.25) is 0 Å². The van der Waals surface area contributed by atoms with Gasteiger partial charge in [0.25, 0.3) is 11.5 Å². The van der Waals surface area contributed by atoms with Gasteiger partial charge in [0.05, 0.1) is 4.92 Å². The van der Waals surface area contributed by atoms with Crippen LogP contribution in [-0.2, 0) is 27.0 Å². The van der Waals surface area contributed by atoms with Gasteiger partial charge in [-0.15, -0.1) is 4.52 Å². The van der Waals surface area contributed by atoms with E-state index in [0.29, 0.717) is 5.56 Å². The van der Waals surface area contributed by atoms with Crippen LogP contribution in [0.1, 0.15) is 43.2 Å². The number of amides is 1. The number of non-ortho nitro benzene ring substituents is 1. The third kappa shape index (κ3) is 7.12. The first-order valence-electron chi connectivity index (χ1n) is 10.3. The lowest BCUT2D eigenvalue weighted by atomic mass is 9.89. The maximum atomic E-state index is 12.9. The number of alkyl carbamates (subject to hydrolysis) is 1. The van der Waals surface area contributed by atoms with Gasteiger partial charge in [-0.1, -0.05) is 49.6 Å². The molecule has 2 atom stereocenters. The van der Waals surface area contributed by atoms with Gasteiger partial charge in [-0.2, -0.15) is 0 Å². The van der Waals surface area contributed by atoms with Crippen LogP contribution in [0.15, 0.2) is 54.6 Å². The van der Waals surface area contributed by atoms with Crippen molar-refractivity contribution in [2.45, 2.75) is 51.1 Å². The van der Waals surface area contributed by atoms with Gasteiger partial charge in [0, 0.05) is 18.1 Å². The standard InChI is InChI=1S/C22H25N2O6P/c25-22(29-15-17-7-3-1-4-8-17)23-21(19-9-5-2-6-10-19)31(28)30-16-18-11-13-20(14-12-18)24(26)27/h1,3-4,7-8,11-14,19,21H,2,5-6,9-10,15-16H2/p+1. The molecular weight excluding hydrogens is 419 g/mol. The van der Waals surface area contributed by atoms with E-state index in [1.165, 1.54) is 12.1 Å². The number of nitro groups is 1. The Bertz CT molecular complexity index is 885. The van der Waals surface area contributed by atoms with E-state index in [1.807, 2.05) is 30.3 Å². The summed E-state index contributed by atoms with van der Waals surface area (Å²) in [7, 11) is -2.20. The van der Waals surface area contributed by atoms with E-state index in [1.54, 1.807) is 12.1 Å². The molecule has 9 heteroatoms. The highest BCUT2D eigenvalue weighted by Crippen LogP contribution is 2.40. The fraction of sp³-hybridized carbons (Fsp3) is 0.409. The molecule has 0 aliphatic heterocycles. The molecule has 0 saturated heterocycles. The topological polar surface area (TPSA) is 108 Å². The van der Waals surface area contributed by atoms with Crippen molar-refractivity contribution in [3.8, 4) is 0 Å². The molecule has 0 spiro atoms. The predicted molar refractivity (Wildman–Crippen MR) is 116 cm³/mol. The minimum absolute atomic E-state index is 0.0175. The van der Waals surface area contributed by atoms with Crippen LogP contribution >= 0.6 is 8.03 Å². The third-order valence-electron chi connectivity index (χ3n) is 5.31. The van der Waals surface area contributed by atoms with E-state index in [4.69, 9.17) is 9.26 Å². The summed E-state index contributed by atoms with van der Waals surface area (Å²) in [6, 6.07) is 15.2. The highest BCUT2D eigenvalue weighted by atomic mass is 31.1. The van der Waals surface area contributed by atoms with Crippen molar-refractivity contribution in [2.75, 3.05) is 0 Å². The maximum absolute atomic E-state index is 12.9. The lowest BCUT2D eigenvalue weighted by Gasteiger charge is -2.23. The molecule has 0 bridgehead atoms. The minimum Gasteiger partial charge on any atom is -0.445 e. The van der Waals surface area contributed by atoms with Crippen molar-refractivity contribution < 1.29 is 23.5 Å². The first-order valence-corrected chi connectivity index (χ1v) is 11.6. The van der Waals surface area contributed by atoms with E-state index in [-0.39, 0.29) is 24.8 Å². The number of carbonyl (C=O) groups excluding carboxylic acids is 1. The smallest absolute Gasteiger partial charge is 0.445 e. The molecule has 0 radical (unpaired) electrons. The first kappa shape index (κ1) is 22.8. The van der Waals surface area contributed by atoms with E-state index in [0.717, 1.165) is 37.7 Å². The Kier molecular flexibility index (Phi) is 8.50. The fourth-order valence-electron chi connectivity index (χ4n) is 3.61. The Morgan fingerprint density at radius 1 is 1.03 bits per heavy atom. The van der Waals surface area contributed by atoms with Gasteiger partial charge in [0.15, 0.2) is 0 Å². The number of hydrogen-bond acceptors (Lipinski definition) is 6. The minimum atomic E-state index is -2.20. The third-order valence-corrected chi connectivity index (χ3v) is 6.70. The highest BCUT2D eigenvalue weighted by Gasteiger charge is 2.42. The molecule has 1 aliphatic rings. The number of rotatable bonds is 9. The zero-order valence-electron chi connectivity index (χ0n) is 17.1. The van der Waals surface area contributed by atoms with Crippen molar-refractivity contribution in [1.82, 2.24) is 5.32 Å². The van der Waals surface area contributed by atoms with Gasteiger partial charge in [0.2, 0.25) is 0 Å². The van der Waals surface area contributed by atoms with Gasteiger partial charge < -0.3 is 4.74 Å². The number of nitro benzene ring substituents is 1. The van der Waals surface area contributed by atoms with Crippen LogP contribution in [0.25, 0.3) is 0 Å². The summed E-state index contributed by atoms with van der Waals surface area (Å²) < 4.78 is 23.8. The highest BCUT2D eigenvalue weighted by molar-refractivity contribution is 7.40. The zero-order valence-corrected chi connectivity index (χ0v) is 18.0. The normalized spacial score (nSPS) is 15.7. The molecular formula is C22H26N2O6P+. The summed E-state index contributed by atoms with van der Waals surface area (Å²) in [6.07, 6.45) is 4.28. The van der Waals surface area contributed by atoms with Crippen molar-refractivity contribution in [2.24, 2.45) is 5.92 Å². The van der Waals surface area contributed by atoms with E-state index in [2.05, 4.69) is 5.32 Å². The van der Waals surface area contributed by atoms with Crippen molar-refractivity contribution in [1.29, 1.82) is 0 Å². The van der Waals surface area contributed by atoms with Crippen LogP contribution in [0.5, 0.6) is 0 Å². The lowest BCUT2D eigenvalue weighted by molar-refractivity contribution is -0.384. The lowest BCUT2D eigenvalue weighted by Crippen LogP contribution is -2.39. The molecule has 1 saturated carbocycles. The molecule has 3 rings (SSSR count). The second kappa shape index (κ2) is 11.5. The molecule has 0 aromatic heterocycles. The quantitative estimate of drug-likeness (QED) is 0.302. The molecule has 8 nitrogen and oxygen atoms in total. The Morgan fingerprint density at radius 2 is 1.68 bits per heavy atom. The number of nitrogens with one attached hydrogen (secondary N) is 1. The summed E-state index contributed by atoms with van der Waals surface area (Å²) >= 11 is 0. The molecule has 1 N–H and O–H groups in total. The van der Waals surface area contributed by atoms with Gasteiger partial charge in [-0.05, 0) is 40.7 Å². The molecule has 0 heterocycles. The Hall–Kier alpha value is -2.83. The molecule has 2 aromatic rings. The molecule has 164 valence electrons. The van der Waals surface area contributed by atoms with Crippen molar-refractivity contribution in [3.05, 3.63) is 75.8 Å². The van der Waals surface area contributed by atoms with Crippen LogP contribution in [-0.4, -0.2) is 16.8 Å². The number of benzene rings is 2. The molecule has 2 unspecified atom stereocenters. The van der Waals surface area contributed by atoms with Crippen molar-refractivity contribution in [3.63, 3.8) is 0 Å². The largest absolute Gasteiger partial charge is 0.534 e. The van der Waals surface area contributed by atoms with Crippen molar-refractivity contribution >= 4 is 19.8 Å². The summed E-state index contributed by atoms with van der Waals surface area (Å²) in [4.78, 5) is 22.7. The summed E-state index contributed by atoms with van der Waals surface area (Å²) in [6.45, 7) is 0.168. The van der Waals surface area contributed by atoms with E-state index < -0.39 is 24.8 Å². The number of carbonyl (C=O) groups is 1. The average molecular weight is 445 g/mol. The fourth-order valence-corrected chi connectivity index (χ4v) is 4.90. The van der Waals surface area contributed by atoms with Gasteiger partial charge in [-0.25, -0.2) is 4.79 Å². The number of hydrogen-bond donors (Lipinski definition) is 1. The average Bonchev–Trinajstić information content (AvgIpc) is 2.81. The van der Waals surface area contributed by atoms with Gasteiger partial charge >= 0.3 is 14.1 Å². The molecule has 1 amide bonds. The maximum Gasteiger partial charge on any atom is 0.534 e. The van der Waals surface area contributed by atoms with Gasteiger partial charge in [0.1, 0.15) is 13.2 Å². The molecule has 2 aromatic carbocycles. The molecule has 31 heavy (non-hydrogen) atoms. The Labute approximate surface area is 182 Å². The SMILES string of the molecule is O=C(NC(C1CCCCC1)[P+](=O)OCc1ccc([N+](=O)[O-])cc1)OCc1ccccc1.